The lowest BCUT2D eigenvalue weighted by Crippen LogP contribution is -2.42. The van der Waals surface area contributed by atoms with E-state index in [0.29, 0.717) is 6.10 Å². The standard InChI is InChI=1S/C10H21NO/c1-4-11-8-10(2,3)12-9-6-5-7-9/h9,11H,4-8H2,1-3H3. The molecule has 0 unspecified atom stereocenters. The molecule has 0 aromatic heterocycles. The Hall–Kier alpha value is -0.0800. The summed E-state index contributed by atoms with van der Waals surface area (Å²) >= 11 is 0. The number of likely N-dealkylation sites (N-methyl/N-ethyl adjacent to an activating group) is 1. The topological polar surface area (TPSA) is 21.3 Å². The molecule has 1 rings (SSSR count). The van der Waals surface area contributed by atoms with Crippen LogP contribution in [0.1, 0.15) is 40.0 Å². The number of rotatable bonds is 5. The summed E-state index contributed by atoms with van der Waals surface area (Å²) in [5.41, 5.74) is 0.0150. The third kappa shape index (κ3) is 3.11. The summed E-state index contributed by atoms with van der Waals surface area (Å²) in [6, 6.07) is 0. The Kier molecular flexibility index (Phi) is 3.53. The normalized spacial score (nSPS) is 19.2. The molecule has 1 saturated carbocycles. The lowest BCUT2D eigenvalue weighted by molar-refractivity contribution is -0.0998. The highest BCUT2D eigenvalue weighted by Crippen LogP contribution is 2.26. The third-order valence-electron chi connectivity index (χ3n) is 2.34. The Balaban J connectivity index is 2.16. The summed E-state index contributed by atoms with van der Waals surface area (Å²) in [5, 5.41) is 3.32. The number of ether oxygens (including phenoxy) is 1. The monoisotopic (exact) mass is 171 g/mol. The molecule has 0 atom stereocenters. The van der Waals surface area contributed by atoms with Crippen molar-refractivity contribution < 1.29 is 4.74 Å². The van der Waals surface area contributed by atoms with Gasteiger partial charge in [0.2, 0.25) is 0 Å². The van der Waals surface area contributed by atoms with Crippen LogP contribution in [0.25, 0.3) is 0 Å². The van der Waals surface area contributed by atoms with Crippen molar-refractivity contribution in [3.05, 3.63) is 0 Å². The predicted molar refractivity (Wildman–Crippen MR) is 51.3 cm³/mol. The second kappa shape index (κ2) is 4.24. The zero-order chi connectivity index (χ0) is 9.03. The number of nitrogens with one attached hydrogen (secondary N) is 1. The molecule has 0 radical (unpaired) electrons. The van der Waals surface area contributed by atoms with E-state index >= 15 is 0 Å². The fourth-order valence-corrected chi connectivity index (χ4v) is 1.41. The predicted octanol–water partition coefficient (Wildman–Crippen LogP) is 1.94. The summed E-state index contributed by atoms with van der Waals surface area (Å²) in [6.07, 6.45) is 4.41. The lowest BCUT2D eigenvalue weighted by Gasteiger charge is -2.35. The molecule has 72 valence electrons. The maximum atomic E-state index is 5.91. The van der Waals surface area contributed by atoms with Gasteiger partial charge in [-0.25, -0.2) is 0 Å². The zero-order valence-electron chi connectivity index (χ0n) is 8.52. The Labute approximate surface area is 75.7 Å². The fraction of sp³-hybridized carbons (Fsp3) is 1.00. The van der Waals surface area contributed by atoms with Crippen LogP contribution in [0.3, 0.4) is 0 Å². The van der Waals surface area contributed by atoms with Gasteiger partial charge in [-0.2, -0.15) is 0 Å². The summed E-state index contributed by atoms with van der Waals surface area (Å²) in [5.74, 6) is 0. The van der Waals surface area contributed by atoms with Crippen LogP contribution in [0.15, 0.2) is 0 Å². The van der Waals surface area contributed by atoms with Crippen molar-refractivity contribution in [2.24, 2.45) is 0 Å². The van der Waals surface area contributed by atoms with Crippen LogP contribution in [0.5, 0.6) is 0 Å². The molecule has 0 aromatic rings. The largest absolute Gasteiger partial charge is 0.371 e. The van der Waals surface area contributed by atoms with Gasteiger partial charge in [0.1, 0.15) is 0 Å². The molecule has 0 aromatic carbocycles. The van der Waals surface area contributed by atoms with Crippen LogP contribution in [0.4, 0.5) is 0 Å². The van der Waals surface area contributed by atoms with Gasteiger partial charge < -0.3 is 10.1 Å². The van der Waals surface area contributed by atoms with E-state index in [1.54, 1.807) is 0 Å². The molecule has 1 N–H and O–H groups in total. The summed E-state index contributed by atoms with van der Waals surface area (Å²) in [6.45, 7) is 8.43. The zero-order valence-corrected chi connectivity index (χ0v) is 8.52. The molecular formula is C10H21NO. The van der Waals surface area contributed by atoms with Gasteiger partial charge in [-0.1, -0.05) is 6.92 Å². The summed E-state index contributed by atoms with van der Waals surface area (Å²) in [7, 11) is 0. The highest BCUT2D eigenvalue weighted by atomic mass is 16.5. The van der Waals surface area contributed by atoms with Gasteiger partial charge >= 0.3 is 0 Å². The van der Waals surface area contributed by atoms with Crippen LogP contribution in [0.2, 0.25) is 0 Å². The van der Waals surface area contributed by atoms with E-state index in [2.05, 4.69) is 26.1 Å². The average Bonchev–Trinajstić information content (AvgIpc) is 1.94. The van der Waals surface area contributed by atoms with Gasteiger partial charge in [0, 0.05) is 6.54 Å². The van der Waals surface area contributed by atoms with Crippen LogP contribution < -0.4 is 5.32 Å². The van der Waals surface area contributed by atoms with E-state index in [-0.39, 0.29) is 5.60 Å². The molecule has 12 heavy (non-hydrogen) atoms. The van der Waals surface area contributed by atoms with E-state index < -0.39 is 0 Å². The smallest absolute Gasteiger partial charge is 0.0754 e. The third-order valence-corrected chi connectivity index (χ3v) is 2.34. The first-order valence-electron chi connectivity index (χ1n) is 5.02. The maximum Gasteiger partial charge on any atom is 0.0754 e. The van der Waals surface area contributed by atoms with Crippen molar-refractivity contribution in [3.8, 4) is 0 Å². The first-order chi connectivity index (χ1) is 5.64. The average molecular weight is 171 g/mol. The Morgan fingerprint density at radius 3 is 2.50 bits per heavy atom. The maximum absolute atomic E-state index is 5.91. The second-order valence-electron chi connectivity index (χ2n) is 4.21. The molecule has 0 spiro atoms. The van der Waals surface area contributed by atoms with Gasteiger partial charge in [-0.3, -0.25) is 0 Å². The molecular weight excluding hydrogens is 150 g/mol. The Morgan fingerprint density at radius 1 is 1.42 bits per heavy atom. The van der Waals surface area contributed by atoms with Crippen LogP contribution >= 0.6 is 0 Å². The SMILES string of the molecule is CCNCC(C)(C)OC1CCC1. The minimum Gasteiger partial charge on any atom is -0.371 e. The lowest BCUT2D eigenvalue weighted by atomic mass is 9.95. The molecule has 0 heterocycles. The molecule has 1 aliphatic carbocycles. The van der Waals surface area contributed by atoms with Gasteiger partial charge in [-0.15, -0.1) is 0 Å². The van der Waals surface area contributed by atoms with E-state index in [1.807, 2.05) is 0 Å². The summed E-state index contributed by atoms with van der Waals surface area (Å²) in [4.78, 5) is 0. The molecule has 2 nitrogen and oxygen atoms in total. The van der Waals surface area contributed by atoms with E-state index in [0.717, 1.165) is 13.1 Å². The second-order valence-corrected chi connectivity index (χ2v) is 4.21. The highest BCUT2D eigenvalue weighted by Gasteiger charge is 2.26. The first kappa shape index (κ1) is 10.0. The van der Waals surface area contributed by atoms with Crippen LogP contribution in [0, 0.1) is 0 Å². The molecule has 2 heteroatoms. The van der Waals surface area contributed by atoms with E-state index in [4.69, 9.17) is 4.74 Å². The van der Waals surface area contributed by atoms with Gasteiger partial charge in [-0.05, 0) is 39.7 Å². The highest BCUT2D eigenvalue weighted by molar-refractivity contribution is 4.78. The summed E-state index contributed by atoms with van der Waals surface area (Å²) < 4.78 is 5.91. The van der Waals surface area contributed by atoms with Gasteiger partial charge in [0.05, 0.1) is 11.7 Å². The molecule has 0 saturated heterocycles. The Bertz CT molecular complexity index is 130. The minimum absolute atomic E-state index is 0.0150. The van der Waals surface area contributed by atoms with E-state index in [1.165, 1.54) is 19.3 Å². The molecule has 1 fully saturated rings. The Morgan fingerprint density at radius 2 is 2.08 bits per heavy atom. The fourth-order valence-electron chi connectivity index (χ4n) is 1.41. The van der Waals surface area contributed by atoms with Crippen molar-refractivity contribution in [2.45, 2.75) is 51.7 Å². The van der Waals surface area contributed by atoms with Crippen LogP contribution in [-0.4, -0.2) is 24.8 Å². The number of hydrogen-bond donors (Lipinski definition) is 1. The number of hydrogen-bond acceptors (Lipinski definition) is 2. The van der Waals surface area contributed by atoms with Crippen molar-refractivity contribution in [1.29, 1.82) is 0 Å². The quantitative estimate of drug-likeness (QED) is 0.682. The van der Waals surface area contributed by atoms with Gasteiger partial charge in [0.15, 0.2) is 0 Å². The molecule has 1 aliphatic rings. The van der Waals surface area contributed by atoms with Crippen molar-refractivity contribution in [3.63, 3.8) is 0 Å². The van der Waals surface area contributed by atoms with Gasteiger partial charge in [0.25, 0.3) is 0 Å². The minimum atomic E-state index is 0.0150. The van der Waals surface area contributed by atoms with E-state index in [9.17, 15) is 0 Å². The van der Waals surface area contributed by atoms with Crippen molar-refractivity contribution in [2.75, 3.05) is 13.1 Å². The molecule has 0 aliphatic heterocycles. The van der Waals surface area contributed by atoms with Crippen molar-refractivity contribution in [1.82, 2.24) is 5.32 Å². The van der Waals surface area contributed by atoms with Crippen molar-refractivity contribution >= 4 is 0 Å². The molecule has 0 bridgehead atoms. The molecule has 0 amide bonds. The van der Waals surface area contributed by atoms with Crippen LogP contribution in [-0.2, 0) is 4.74 Å². The first-order valence-corrected chi connectivity index (χ1v) is 5.02.